The van der Waals surface area contributed by atoms with Crippen molar-refractivity contribution < 1.29 is 14.0 Å². The Bertz CT molecular complexity index is 1290. The number of hydrogen-bond acceptors (Lipinski definition) is 5. The minimum absolute atomic E-state index is 0.0772. The van der Waals surface area contributed by atoms with E-state index in [1.807, 2.05) is 4.57 Å². The molecular formula is C25H31FN6O3. The molecule has 0 saturated heterocycles. The second-order valence-corrected chi connectivity index (χ2v) is 8.98. The maximum Gasteiger partial charge on any atom is 0.277 e. The number of hydrogen-bond donors (Lipinski definition) is 1. The topological polar surface area (TPSA) is 102 Å². The van der Waals surface area contributed by atoms with Gasteiger partial charge < -0.3 is 14.8 Å². The number of imidazole rings is 1. The molecule has 2 heterocycles. The largest absolute Gasteiger partial charge is 0.345 e. The molecule has 0 radical (unpaired) electrons. The first-order valence-electron chi connectivity index (χ1n) is 11.5. The fraction of sp³-hybridized carbons (Fsp3) is 0.400. The molecule has 186 valence electrons. The highest BCUT2D eigenvalue weighted by molar-refractivity contribution is 5.90. The molecular weight excluding hydrogens is 451 g/mol. The second-order valence-electron chi connectivity index (χ2n) is 8.98. The third-order valence-electron chi connectivity index (χ3n) is 5.30. The molecule has 2 amide bonds. The van der Waals surface area contributed by atoms with Crippen molar-refractivity contribution >= 4 is 28.5 Å². The highest BCUT2D eigenvalue weighted by Gasteiger charge is 2.15. The number of fused-ring (bicyclic) bond motifs is 1. The summed E-state index contributed by atoms with van der Waals surface area (Å²) in [6.45, 7) is 4.92. The van der Waals surface area contributed by atoms with E-state index in [1.54, 1.807) is 26.2 Å². The zero-order valence-electron chi connectivity index (χ0n) is 20.5. The summed E-state index contributed by atoms with van der Waals surface area (Å²) in [5.74, 6) is 0.119. The molecule has 0 aliphatic heterocycles. The van der Waals surface area contributed by atoms with Crippen LogP contribution in [0, 0.1) is 11.7 Å². The summed E-state index contributed by atoms with van der Waals surface area (Å²) in [7, 11) is 3.33. The van der Waals surface area contributed by atoms with Gasteiger partial charge in [0, 0.05) is 33.1 Å². The fourth-order valence-electron chi connectivity index (χ4n) is 3.57. The lowest BCUT2D eigenvalue weighted by atomic mass is 10.2. The van der Waals surface area contributed by atoms with Crippen molar-refractivity contribution in [3.05, 3.63) is 64.9 Å². The number of allylic oxidation sites excluding steroid dienone is 1. The highest BCUT2D eigenvalue weighted by Crippen LogP contribution is 2.20. The third kappa shape index (κ3) is 6.84. The number of carbonyl (C=O) groups is 2. The summed E-state index contributed by atoms with van der Waals surface area (Å²) in [5, 5.41) is 2.62. The average Bonchev–Trinajstić information content (AvgIpc) is 3.11. The number of benzene rings is 1. The minimum atomic E-state index is -0.404. The van der Waals surface area contributed by atoms with E-state index in [1.165, 1.54) is 40.2 Å². The molecule has 0 aliphatic carbocycles. The van der Waals surface area contributed by atoms with Gasteiger partial charge in [0.05, 0.1) is 30.1 Å². The predicted molar refractivity (Wildman–Crippen MR) is 132 cm³/mol. The van der Waals surface area contributed by atoms with Crippen molar-refractivity contribution in [3.8, 4) is 0 Å². The first-order valence-corrected chi connectivity index (χ1v) is 11.5. The smallest absolute Gasteiger partial charge is 0.277 e. The highest BCUT2D eigenvalue weighted by atomic mass is 19.1. The van der Waals surface area contributed by atoms with Crippen LogP contribution in [0.1, 0.15) is 38.9 Å². The van der Waals surface area contributed by atoms with Gasteiger partial charge in [-0.2, -0.15) is 0 Å². The summed E-state index contributed by atoms with van der Waals surface area (Å²) in [4.78, 5) is 46.9. The standard InChI is InChI=1S/C25H31FN6O3/c1-17(2)14-32-21-11-10-18(26)12-19(21)28-22(32)15-31-16-27-13-20(25(31)35)29-23(33)8-6-5-7-9-24(34)30(3)4/h7,9-13,16-17H,5-6,8,14-15H2,1-4H3,(H,29,33)/b9-7+. The van der Waals surface area contributed by atoms with Crippen molar-refractivity contribution in [2.24, 2.45) is 5.92 Å². The van der Waals surface area contributed by atoms with E-state index in [0.29, 0.717) is 36.6 Å². The number of rotatable bonds is 10. The summed E-state index contributed by atoms with van der Waals surface area (Å²) < 4.78 is 17.1. The van der Waals surface area contributed by atoms with E-state index < -0.39 is 5.56 Å². The Hall–Kier alpha value is -3.82. The Morgan fingerprint density at radius 2 is 2.03 bits per heavy atom. The molecule has 0 aliphatic rings. The molecule has 35 heavy (non-hydrogen) atoms. The molecule has 2 aromatic heterocycles. The van der Waals surface area contributed by atoms with Crippen molar-refractivity contribution in [1.82, 2.24) is 24.0 Å². The molecule has 3 rings (SSSR count). The molecule has 0 saturated carbocycles. The van der Waals surface area contributed by atoms with Crippen LogP contribution >= 0.6 is 0 Å². The lowest BCUT2D eigenvalue weighted by Crippen LogP contribution is -2.27. The number of nitrogens with zero attached hydrogens (tertiary/aromatic N) is 5. The summed E-state index contributed by atoms with van der Waals surface area (Å²) in [5.41, 5.74) is 0.988. The molecule has 0 atom stereocenters. The van der Waals surface area contributed by atoms with Gasteiger partial charge in [-0.15, -0.1) is 0 Å². The molecule has 0 unspecified atom stereocenters. The number of amides is 2. The van der Waals surface area contributed by atoms with E-state index >= 15 is 0 Å². The molecule has 1 N–H and O–H groups in total. The van der Waals surface area contributed by atoms with Gasteiger partial charge in [-0.25, -0.2) is 14.4 Å². The van der Waals surface area contributed by atoms with E-state index in [2.05, 4.69) is 29.1 Å². The van der Waals surface area contributed by atoms with Gasteiger partial charge in [0.25, 0.3) is 5.56 Å². The van der Waals surface area contributed by atoms with Gasteiger partial charge in [-0.05, 0) is 37.0 Å². The fourth-order valence-corrected chi connectivity index (χ4v) is 3.57. The molecule has 0 bridgehead atoms. The number of anilines is 1. The predicted octanol–water partition coefficient (Wildman–Crippen LogP) is 3.19. The van der Waals surface area contributed by atoms with Crippen molar-refractivity contribution in [1.29, 1.82) is 0 Å². The second kappa shape index (κ2) is 11.5. The van der Waals surface area contributed by atoms with Crippen molar-refractivity contribution in [2.75, 3.05) is 19.4 Å². The van der Waals surface area contributed by atoms with Crippen LogP contribution in [0.5, 0.6) is 0 Å². The van der Waals surface area contributed by atoms with Gasteiger partial charge in [0.1, 0.15) is 17.3 Å². The maximum absolute atomic E-state index is 13.7. The first kappa shape index (κ1) is 25.8. The molecule has 0 spiro atoms. The van der Waals surface area contributed by atoms with Crippen LogP contribution in [0.4, 0.5) is 10.1 Å². The Kier molecular flexibility index (Phi) is 8.51. The van der Waals surface area contributed by atoms with Gasteiger partial charge in [0.2, 0.25) is 11.8 Å². The van der Waals surface area contributed by atoms with E-state index in [9.17, 15) is 18.8 Å². The van der Waals surface area contributed by atoms with Crippen LogP contribution in [0.2, 0.25) is 0 Å². The Morgan fingerprint density at radius 3 is 2.74 bits per heavy atom. The lowest BCUT2D eigenvalue weighted by molar-refractivity contribution is -0.123. The number of aromatic nitrogens is 4. The van der Waals surface area contributed by atoms with Gasteiger partial charge in [0.15, 0.2) is 0 Å². The molecule has 9 nitrogen and oxygen atoms in total. The number of carbonyl (C=O) groups excluding carboxylic acids is 2. The van der Waals surface area contributed by atoms with Gasteiger partial charge >= 0.3 is 0 Å². The molecule has 0 fully saturated rings. The summed E-state index contributed by atoms with van der Waals surface area (Å²) in [6, 6.07) is 4.45. The zero-order valence-corrected chi connectivity index (χ0v) is 20.5. The van der Waals surface area contributed by atoms with Crippen molar-refractivity contribution in [3.63, 3.8) is 0 Å². The SMILES string of the molecule is CC(C)Cn1c(Cn2cncc(NC(=O)CCC/C=C/C(=O)N(C)C)c2=O)nc2cc(F)ccc21. The number of unbranched alkanes of at least 4 members (excludes halogenated alkanes) is 1. The van der Waals surface area contributed by atoms with E-state index in [-0.39, 0.29) is 36.3 Å². The van der Waals surface area contributed by atoms with Crippen LogP contribution in [-0.2, 0) is 22.7 Å². The van der Waals surface area contributed by atoms with E-state index in [0.717, 1.165) is 5.52 Å². The lowest BCUT2D eigenvalue weighted by Gasteiger charge is -2.13. The Labute approximate surface area is 203 Å². The van der Waals surface area contributed by atoms with Crippen LogP contribution in [0.15, 0.2) is 47.7 Å². The number of likely N-dealkylation sites (N-methyl/N-ethyl adjacent to an activating group) is 1. The summed E-state index contributed by atoms with van der Waals surface area (Å²) >= 11 is 0. The number of halogens is 1. The van der Waals surface area contributed by atoms with E-state index in [4.69, 9.17) is 0 Å². The third-order valence-corrected chi connectivity index (χ3v) is 5.30. The summed E-state index contributed by atoms with van der Waals surface area (Å²) in [6.07, 6.45) is 7.21. The zero-order chi connectivity index (χ0) is 25.5. The number of nitrogens with one attached hydrogen (secondary N) is 1. The van der Waals surface area contributed by atoms with Crippen LogP contribution in [0.3, 0.4) is 0 Å². The van der Waals surface area contributed by atoms with Gasteiger partial charge in [-0.1, -0.05) is 19.9 Å². The van der Waals surface area contributed by atoms with Crippen molar-refractivity contribution in [2.45, 2.75) is 46.2 Å². The molecule has 3 aromatic rings. The Balaban J connectivity index is 1.71. The first-order chi connectivity index (χ1) is 16.7. The maximum atomic E-state index is 13.7. The minimum Gasteiger partial charge on any atom is -0.345 e. The van der Waals surface area contributed by atoms with Crippen LogP contribution < -0.4 is 10.9 Å². The molecule has 1 aromatic carbocycles. The monoisotopic (exact) mass is 482 g/mol. The van der Waals surface area contributed by atoms with Crippen LogP contribution in [0.25, 0.3) is 11.0 Å². The van der Waals surface area contributed by atoms with Gasteiger partial charge in [-0.3, -0.25) is 19.0 Å². The molecule has 10 heteroatoms. The van der Waals surface area contributed by atoms with Crippen LogP contribution in [-0.4, -0.2) is 49.9 Å². The Morgan fingerprint density at radius 1 is 1.26 bits per heavy atom. The quantitative estimate of drug-likeness (QED) is 0.353. The average molecular weight is 483 g/mol. The normalized spacial score (nSPS) is 11.5.